The highest BCUT2D eigenvalue weighted by Crippen LogP contribution is 2.42. The molecule has 1 aromatic carbocycles. The molecule has 0 spiro atoms. The van der Waals surface area contributed by atoms with E-state index in [0.717, 1.165) is 41.7 Å². The van der Waals surface area contributed by atoms with Gasteiger partial charge in [0.1, 0.15) is 5.75 Å². The number of aliphatic hydroxyl groups excluding tert-OH is 1. The Morgan fingerprint density at radius 3 is 2.08 bits per heavy atom. The lowest BCUT2D eigenvalue weighted by Crippen LogP contribution is -2.54. The van der Waals surface area contributed by atoms with Gasteiger partial charge in [0.05, 0.1) is 18.7 Å². The van der Waals surface area contributed by atoms with Crippen LogP contribution in [-0.2, 0) is 10.4 Å². The Balaban J connectivity index is -0.000000728. The van der Waals surface area contributed by atoms with Gasteiger partial charge in [-0.3, -0.25) is 19.0 Å². The predicted octanol–water partition coefficient (Wildman–Crippen LogP) is 4.91. The lowest BCUT2D eigenvalue weighted by Gasteiger charge is -2.50. The van der Waals surface area contributed by atoms with Crippen molar-refractivity contribution >= 4 is 33.7 Å². The average molecular weight is 611 g/mol. The summed E-state index contributed by atoms with van der Waals surface area (Å²) >= 11 is 0. The second-order valence-electron chi connectivity index (χ2n) is 9.42. The van der Waals surface area contributed by atoms with Crippen LogP contribution in [0, 0.1) is 11.8 Å². The number of benzene rings is 1. The molecule has 0 aliphatic carbocycles. The molecule has 12 heteroatoms. The van der Waals surface area contributed by atoms with E-state index in [1.165, 1.54) is 32.1 Å². The molecule has 5 atom stereocenters. The van der Waals surface area contributed by atoms with Gasteiger partial charge in [-0.05, 0) is 61.1 Å². The molecule has 2 unspecified atom stereocenters. The minimum atomic E-state index is -4.67. The van der Waals surface area contributed by atoms with Crippen LogP contribution < -0.4 is 4.74 Å². The molecule has 4 heterocycles. The van der Waals surface area contributed by atoms with Crippen LogP contribution in [0.4, 0.5) is 0 Å². The van der Waals surface area contributed by atoms with Crippen molar-refractivity contribution in [1.82, 2.24) is 9.88 Å². The van der Waals surface area contributed by atoms with Crippen LogP contribution in [0.15, 0.2) is 43.1 Å². The fraction of sp³-hybridized carbons (Fsp3) is 0.607. The first kappa shape index (κ1) is 42.6. The number of rotatable bonds is 6. The number of piperidine rings is 3. The summed E-state index contributed by atoms with van der Waals surface area (Å²) in [6.07, 6.45) is 10.9. The number of aliphatic hydroxyl groups is 1. The molecule has 5 rings (SSSR count). The molecule has 3 aliphatic heterocycles. The monoisotopic (exact) mass is 610 g/mol. The zero-order chi connectivity index (χ0) is 28.0. The summed E-state index contributed by atoms with van der Waals surface area (Å²) in [6.45, 7) is 14.8. The molecule has 40 heavy (non-hydrogen) atoms. The fourth-order valence-corrected chi connectivity index (χ4v) is 4.44. The maximum atomic E-state index is 11.2. The lowest BCUT2D eigenvalue weighted by molar-refractivity contribution is -0.0444. The van der Waals surface area contributed by atoms with Gasteiger partial charge in [-0.2, -0.15) is 8.42 Å². The van der Waals surface area contributed by atoms with Crippen molar-refractivity contribution in [2.24, 2.45) is 11.8 Å². The Morgan fingerprint density at radius 1 is 1.10 bits per heavy atom. The fourth-order valence-electron chi connectivity index (χ4n) is 4.44. The number of hydrogen-bond donors (Lipinski definition) is 3. The maximum Gasteiger partial charge on any atom is 0.394 e. The highest BCUT2D eigenvalue weighted by Gasteiger charge is 2.42. The zero-order valence-electron chi connectivity index (χ0n) is 24.4. The van der Waals surface area contributed by atoms with Crippen molar-refractivity contribution in [1.29, 1.82) is 0 Å². The lowest BCUT2D eigenvalue weighted by atomic mass is 9.73. The van der Waals surface area contributed by atoms with Crippen molar-refractivity contribution in [2.75, 3.05) is 20.2 Å². The van der Waals surface area contributed by atoms with Crippen LogP contribution in [0.1, 0.15) is 77.9 Å². The topological polar surface area (TPSA) is 183 Å². The van der Waals surface area contributed by atoms with Crippen LogP contribution in [0.25, 0.3) is 10.9 Å². The summed E-state index contributed by atoms with van der Waals surface area (Å²) in [5, 5.41) is 12.1. The van der Waals surface area contributed by atoms with E-state index in [2.05, 4.69) is 50.2 Å². The molecule has 3 saturated heterocycles. The Morgan fingerprint density at radius 2 is 1.65 bits per heavy atom. The van der Waals surface area contributed by atoms with Crippen molar-refractivity contribution in [3.8, 4) is 5.75 Å². The van der Waals surface area contributed by atoms with Crippen LogP contribution in [-0.4, -0.2) is 69.7 Å². The first-order chi connectivity index (χ1) is 17.5. The number of unbranched alkanes of at least 4 members (excludes halogenated alkanes) is 2. The molecule has 0 saturated carbocycles. The minimum Gasteiger partial charge on any atom is -0.497 e. The second-order valence-corrected chi connectivity index (χ2v) is 10.3. The van der Waals surface area contributed by atoms with E-state index in [1.54, 1.807) is 13.3 Å². The molecule has 10 nitrogen and oxygen atoms in total. The van der Waals surface area contributed by atoms with E-state index in [0.29, 0.717) is 11.8 Å². The first-order valence-corrected chi connectivity index (χ1v) is 14.6. The molecular weight excluding hydrogens is 560 g/mol. The van der Waals surface area contributed by atoms with Gasteiger partial charge >= 0.3 is 10.4 Å². The highest BCUT2D eigenvalue weighted by atomic mass is 35.5. The molecule has 2 bridgehead atoms. The van der Waals surface area contributed by atoms with Gasteiger partial charge in [-0.15, -0.1) is 19.0 Å². The summed E-state index contributed by atoms with van der Waals surface area (Å²) in [6, 6.07) is 7.96. The molecule has 234 valence electrons. The Kier molecular flexibility index (Phi) is 23.3. The van der Waals surface area contributed by atoms with E-state index in [4.69, 9.17) is 22.3 Å². The maximum absolute atomic E-state index is 11.2. The number of pyridine rings is 1. The van der Waals surface area contributed by atoms with E-state index in [-0.39, 0.29) is 29.4 Å². The normalized spacial score (nSPS) is 21.1. The van der Waals surface area contributed by atoms with Gasteiger partial charge in [-0.25, -0.2) is 0 Å². The standard InChI is InChI=1S/C20H24N2O2.2C4H10.ClH.H2O4S.2H2O/c1-3-13-12-22-9-7-14(13)10-19(22)20(23)16-6-8-21-18-5-4-15(24-2)11-17(16)18;2*1-3-4-2;;1-5(2,3)4;;/h3-6,8,11,13-14,19-20,23H,1,7,9-10,12H2,2H3;2*3-4H2,1-2H3;1H;(H2,1,2,3,4);2*1H2/t13-,14?,19-,20+;;;;;;/m0....../s1. The highest BCUT2D eigenvalue weighted by molar-refractivity contribution is 7.79. The zero-order valence-corrected chi connectivity index (χ0v) is 26.0. The Bertz CT molecular complexity index is 1040. The number of nitrogens with zero attached hydrogens (tertiary/aromatic N) is 2. The second kappa shape index (κ2) is 21.9. The van der Waals surface area contributed by atoms with Crippen LogP contribution in [0.3, 0.4) is 0 Å². The van der Waals surface area contributed by atoms with Crippen molar-refractivity contribution < 1.29 is 38.3 Å². The average Bonchev–Trinajstić information content (AvgIpc) is 2.91. The third-order valence-electron chi connectivity index (χ3n) is 6.82. The van der Waals surface area contributed by atoms with Gasteiger partial charge in [0, 0.05) is 24.2 Å². The summed E-state index contributed by atoms with van der Waals surface area (Å²) in [5.41, 5.74) is 1.85. The first-order valence-electron chi connectivity index (χ1n) is 13.2. The van der Waals surface area contributed by atoms with Gasteiger partial charge in [0.2, 0.25) is 0 Å². The van der Waals surface area contributed by atoms with Crippen LogP contribution >= 0.6 is 12.4 Å². The van der Waals surface area contributed by atoms with Gasteiger partial charge in [0.25, 0.3) is 0 Å². The predicted molar refractivity (Wildman–Crippen MR) is 165 cm³/mol. The number of ether oxygens (including phenoxy) is 1. The summed E-state index contributed by atoms with van der Waals surface area (Å²) < 4.78 is 36.9. The SMILES string of the molecule is C=C[C@H]1CN2CCC1C[C@H]2[C@H](O)c1ccnc2ccc(OC)cc12.CCCC.CCCC.Cl.O.O.O=S(=O)(O)O. The summed E-state index contributed by atoms with van der Waals surface area (Å²) in [7, 11) is -3.01. The van der Waals surface area contributed by atoms with Gasteiger partial charge in [-0.1, -0.05) is 59.5 Å². The molecule has 0 radical (unpaired) electrons. The smallest absolute Gasteiger partial charge is 0.394 e. The number of fused-ring (bicyclic) bond motifs is 4. The van der Waals surface area contributed by atoms with E-state index in [9.17, 15) is 5.11 Å². The van der Waals surface area contributed by atoms with Crippen molar-refractivity contribution in [3.63, 3.8) is 0 Å². The molecule has 3 aliphatic rings. The van der Waals surface area contributed by atoms with E-state index >= 15 is 0 Å². The number of methoxy groups -OCH3 is 1. The third-order valence-corrected chi connectivity index (χ3v) is 6.82. The molecule has 2 aromatic rings. The van der Waals surface area contributed by atoms with Gasteiger partial charge < -0.3 is 20.8 Å². The number of aromatic nitrogens is 1. The summed E-state index contributed by atoms with van der Waals surface area (Å²) in [5.74, 6) is 2.01. The molecule has 1 aromatic heterocycles. The van der Waals surface area contributed by atoms with Crippen molar-refractivity contribution in [3.05, 3.63) is 48.7 Å². The molecular formula is C28H51ClN2O8S. The van der Waals surface area contributed by atoms with E-state index in [1.807, 2.05) is 24.3 Å². The largest absolute Gasteiger partial charge is 0.497 e. The quantitative estimate of drug-likeness (QED) is 0.304. The van der Waals surface area contributed by atoms with Crippen LogP contribution in [0.5, 0.6) is 5.75 Å². The summed E-state index contributed by atoms with van der Waals surface area (Å²) in [4.78, 5) is 6.86. The van der Waals surface area contributed by atoms with E-state index < -0.39 is 16.5 Å². The Hall–Kier alpha value is -1.83. The molecule has 3 fully saturated rings. The third kappa shape index (κ3) is 14.2. The Labute approximate surface area is 246 Å². The minimum absolute atomic E-state index is 0. The molecule has 7 N–H and O–H groups in total. The van der Waals surface area contributed by atoms with Gasteiger partial charge in [0.15, 0.2) is 0 Å². The van der Waals surface area contributed by atoms with Crippen LogP contribution in [0.2, 0.25) is 0 Å². The van der Waals surface area contributed by atoms with Crippen molar-refractivity contribution in [2.45, 2.75) is 78.4 Å². The molecule has 0 amide bonds. The number of hydrogen-bond acceptors (Lipinski definition) is 6. The number of halogens is 1.